The zero-order valence-electron chi connectivity index (χ0n) is 9.54. The van der Waals surface area contributed by atoms with Gasteiger partial charge in [-0.15, -0.1) is 0 Å². The van der Waals surface area contributed by atoms with Crippen LogP contribution >= 0.6 is 23.4 Å². The second-order valence-corrected chi connectivity index (χ2v) is 6.06. The van der Waals surface area contributed by atoms with Gasteiger partial charge in [-0.1, -0.05) is 31.5 Å². The van der Waals surface area contributed by atoms with Crippen molar-refractivity contribution >= 4 is 23.4 Å². The molecule has 16 heavy (non-hydrogen) atoms. The predicted octanol–water partition coefficient (Wildman–Crippen LogP) is 3.49. The minimum atomic E-state index is -0.266. The molecular formula is C12H17ClFNS. The molecule has 1 nitrogen and oxygen atoms in total. The summed E-state index contributed by atoms with van der Waals surface area (Å²) in [6.45, 7) is 4.24. The molecule has 0 radical (unpaired) electrons. The Kier molecular flexibility index (Phi) is 5.59. The summed E-state index contributed by atoms with van der Waals surface area (Å²) < 4.78 is 13.5. The highest BCUT2D eigenvalue weighted by molar-refractivity contribution is 7.99. The van der Waals surface area contributed by atoms with Crippen molar-refractivity contribution in [2.45, 2.75) is 31.6 Å². The molecule has 1 rings (SSSR count). The highest BCUT2D eigenvalue weighted by atomic mass is 35.5. The lowest BCUT2D eigenvalue weighted by Gasteiger charge is -2.14. The average Bonchev–Trinajstić information content (AvgIpc) is 2.21. The summed E-state index contributed by atoms with van der Waals surface area (Å²) in [4.78, 5) is 0. The number of thioether (sulfide) groups is 1. The number of benzene rings is 1. The number of hydrogen-bond acceptors (Lipinski definition) is 2. The molecule has 0 saturated carbocycles. The van der Waals surface area contributed by atoms with Crippen LogP contribution in [-0.2, 0) is 6.42 Å². The lowest BCUT2D eigenvalue weighted by atomic mass is 10.1. The van der Waals surface area contributed by atoms with Crippen LogP contribution in [0.25, 0.3) is 0 Å². The highest BCUT2D eigenvalue weighted by Crippen LogP contribution is 2.21. The molecule has 4 heteroatoms. The lowest BCUT2D eigenvalue weighted by Crippen LogP contribution is -2.26. The van der Waals surface area contributed by atoms with E-state index in [1.54, 1.807) is 23.9 Å². The van der Waals surface area contributed by atoms with Crippen LogP contribution in [0.1, 0.15) is 19.4 Å². The van der Waals surface area contributed by atoms with Crippen molar-refractivity contribution in [2.75, 3.05) is 5.75 Å². The van der Waals surface area contributed by atoms with Crippen LogP contribution in [0.15, 0.2) is 18.2 Å². The summed E-state index contributed by atoms with van der Waals surface area (Å²) in [6, 6.07) is 4.67. The summed E-state index contributed by atoms with van der Waals surface area (Å²) in [6.07, 6.45) is 0.491. The molecule has 1 aromatic rings. The van der Waals surface area contributed by atoms with Crippen molar-refractivity contribution in [1.82, 2.24) is 0 Å². The van der Waals surface area contributed by atoms with Gasteiger partial charge in [-0.05, 0) is 23.8 Å². The Morgan fingerprint density at radius 2 is 2.12 bits per heavy atom. The fourth-order valence-electron chi connectivity index (χ4n) is 1.36. The van der Waals surface area contributed by atoms with Crippen molar-refractivity contribution in [3.63, 3.8) is 0 Å². The summed E-state index contributed by atoms with van der Waals surface area (Å²) in [5.74, 6) is 0.556. The van der Waals surface area contributed by atoms with E-state index >= 15 is 0 Å². The molecule has 90 valence electrons. The van der Waals surface area contributed by atoms with Crippen molar-refractivity contribution in [3.05, 3.63) is 34.6 Å². The number of rotatable bonds is 5. The molecule has 0 saturated heterocycles. The Hall–Kier alpha value is -0.250. The molecule has 2 N–H and O–H groups in total. The first-order valence-electron chi connectivity index (χ1n) is 5.30. The topological polar surface area (TPSA) is 26.0 Å². The molecule has 0 aliphatic carbocycles. The third-order valence-corrected chi connectivity index (χ3v) is 3.81. The van der Waals surface area contributed by atoms with Crippen LogP contribution in [0, 0.1) is 5.82 Å². The quantitative estimate of drug-likeness (QED) is 0.878. The van der Waals surface area contributed by atoms with E-state index in [1.165, 1.54) is 6.07 Å². The molecule has 1 aromatic carbocycles. The van der Waals surface area contributed by atoms with Gasteiger partial charge >= 0.3 is 0 Å². The van der Waals surface area contributed by atoms with Crippen LogP contribution in [0.4, 0.5) is 4.39 Å². The standard InChI is InChI=1S/C12H17ClFNS/c1-8(2)16-7-9(15)6-10-11(13)4-3-5-12(10)14/h3-5,8-9H,6-7,15H2,1-2H3. The number of halogens is 2. The van der Waals surface area contributed by atoms with Crippen LogP contribution in [0.2, 0.25) is 5.02 Å². The molecule has 0 spiro atoms. The van der Waals surface area contributed by atoms with E-state index in [-0.39, 0.29) is 11.9 Å². The van der Waals surface area contributed by atoms with E-state index in [4.69, 9.17) is 17.3 Å². The number of hydrogen-bond donors (Lipinski definition) is 1. The zero-order valence-corrected chi connectivity index (χ0v) is 11.1. The summed E-state index contributed by atoms with van der Waals surface area (Å²) in [5, 5.41) is 1.01. The Morgan fingerprint density at radius 3 is 2.69 bits per heavy atom. The maximum Gasteiger partial charge on any atom is 0.127 e. The Balaban J connectivity index is 2.59. The van der Waals surface area contributed by atoms with Crippen LogP contribution in [-0.4, -0.2) is 17.0 Å². The van der Waals surface area contributed by atoms with E-state index < -0.39 is 0 Å². The van der Waals surface area contributed by atoms with Gasteiger partial charge in [-0.3, -0.25) is 0 Å². The molecule has 0 amide bonds. The molecule has 0 aliphatic rings. The minimum Gasteiger partial charge on any atom is -0.327 e. The van der Waals surface area contributed by atoms with Gasteiger partial charge in [0.2, 0.25) is 0 Å². The van der Waals surface area contributed by atoms with Gasteiger partial charge in [0.15, 0.2) is 0 Å². The number of nitrogens with two attached hydrogens (primary N) is 1. The SMILES string of the molecule is CC(C)SCC(N)Cc1c(F)cccc1Cl. The first-order chi connectivity index (χ1) is 7.50. The Bertz CT molecular complexity index is 324. The molecule has 1 unspecified atom stereocenters. The maximum atomic E-state index is 13.5. The van der Waals surface area contributed by atoms with Gasteiger partial charge in [0, 0.05) is 22.4 Å². The fraction of sp³-hybridized carbons (Fsp3) is 0.500. The van der Waals surface area contributed by atoms with Gasteiger partial charge in [0.25, 0.3) is 0 Å². The van der Waals surface area contributed by atoms with Crippen molar-refractivity contribution < 1.29 is 4.39 Å². The van der Waals surface area contributed by atoms with Gasteiger partial charge in [-0.2, -0.15) is 11.8 Å². The fourth-order valence-corrected chi connectivity index (χ4v) is 2.35. The van der Waals surface area contributed by atoms with E-state index in [2.05, 4.69) is 13.8 Å². The Labute approximate surface area is 106 Å². The van der Waals surface area contributed by atoms with Crippen molar-refractivity contribution in [2.24, 2.45) is 5.73 Å². The first-order valence-corrected chi connectivity index (χ1v) is 6.73. The normalized spacial score (nSPS) is 13.1. The van der Waals surface area contributed by atoms with Crippen LogP contribution in [0.3, 0.4) is 0 Å². The van der Waals surface area contributed by atoms with Gasteiger partial charge < -0.3 is 5.73 Å². The van der Waals surface area contributed by atoms with Gasteiger partial charge in [0.05, 0.1) is 0 Å². The second-order valence-electron chi connectivity index (χ2n) is 4.05. The summed E-state index contributed by atoms with van der Waals surface area (Å²) in [5.41, 5.74) is 6.47. The molecule has 0 heterocycles. The van der Waals surface area contributed by atoms with E-state index in [1.807, 2.05) is 0 Å². The molecule has 0 fully saturated rings. The third kappa shape index (κ3) is 4.32. The minimum absolute atomic E-state index is 0.0539. The van der Waals surface area contributed by atoms with Crippen molar-refractivity contribution in [3.8, 4) is 0 Å². The predicted molar refractivity (Wildman–Crippen MR) is 70.7 cm³/mol. The van der Waals surface area contributed by atoms with Gasteiger partial charge in [0.1, 0.15) is 5.82 Å². The van der Waals surface area contributed by atoms with Crippen molar-refractivity contribution in [1.29, 1.82) is 0 Å². The molecule has 0 aromatic heterocycles. The zero-order chi connectivity index (χ0) is 12.1. The maximum absolute atomic E-state index is 13.5. The summed E-state index contributed by atoms with van der Waals surface area (Å²) in [7, 11) is 0. The molecule has 0 aliphatic heterocycles. The third-order valence-electron chi connectivity index (χ3n) is 2.17. The monoisotopic (exact) mass is 261 g/mol. The molecular weight excluding hydrogens is 245 g/mol. The van der Waals surface area contributed by atoms with E-state index in [0.717, 1.165) is 5.75 Å². The molecule has 0 bridgehead atoms. The second kappa shape index (κ2) is 6.48. The van der Waals surface area contributed by atoms with Crippen LogP contribution in [0.5, 0.6) is 0 Å². The first kappa shape index (κ1) is 13.8. The van der Waals surface area contributed by atoms with E-state index in [0.29, 0.717) is 22.3 Å². The highest BCUT2D eigenvalue weighted by Gasteiger charge is 2.12. The van der Waals surface area contributed by atoms with Crippen LogP contribution < -0.4 is 5.73 Å². The Morgan fingerprint density at radius 1 is 1.44 bits per heavy atom. The largest absolute Gasteiger partial charge is 0.327 e. The summed E-state index contributed by atoms with van der Waals surface area (Å²) >= 11 is 7.71. The van der Waals surface area contributed by atoms with E-state index in [9.17, 15) is 4.39 Å². The average molecular weight is 262 g/mol. The lowest BCUT2D eigenvalue weighted by molar-refractivity contribution is 0.597. The smallest absolute Gasteiger partial charge is 0.127 e. The van der Waals surface area contributed by atoms with Gasteiger partial charge in [-0.25, -0.2) is 4.39 Å². The molecule has 1 atom stereocenters.